The number of amidine groups is 1. The Morgan fingerprint density at radius 3 is 2.69 bits per heavy atom. The fourth-order valence-corrected chi connectivity index (χ4v) is 1.86. The lowest BCUT2D eigenvalue weighted by atomic mass is 10.1. The highest BCUT2D eigenvalue weighted by molar-refractivity contribution is 7.89. The quantitative estimate of drug-likeness (QED) is 0.825. The van der Waals surface area contributed by atoms with Gasteiger partial charge in [-0.25, -0.2) is 18.1 Å². The molecular formula is C10H12N2O3S. The fraction of sp³-hybridized carbons (Fsp3) is 0.300. The Hall–Kier alpha value is -1.56. The number of sulfonamides is 1. The monoisotopic (exact) mass is 240 g/mol. The topological polar surface area (TPSA) is 67.8 Å². The molecule has 0 saturated carbocycles. The van der Waals surface area contributed by atoms with Crippen LogP contribution in [0.1, 0.15) is 11.7 Å². The number of nitrogens with zero attached hydrogens (tertiary/aromatic N) is 1. The van der Waals surface area contributed by atoms with E-state index in [0.717, 1.165) is 11.8 Å². The minimum absolute atomic E-state index is 0.0661. The van der Waals surface area contributed by atoms with Gasteiger partial charge in [-0.2, -0.15) is 0 Å². The van der Waals surface area contributed by atoms with Gasteiger partial charge in [-0.1, -0.05) is 30.3 Å². The normalized spacial score (nSPS) is 20.1. The summed E-state index contributed by atoms with van der Waals surface area (Å²) < 4.78 is 29.5. The van der Waals surface area contributed by atoms with Crippen molar-refractivity contribution in [3.8, 4) is 0 Å². The number of hydrogen-bond donors (Lipinski definition) is 1. The van der Waals surface area contributed by atoms with Crippen molar-refractivity contribution in [2.45, 2.75) is 6.10 Å². The Kier molecular flexibility index (Phi) is 2.82. The van der Waals surface area contributed by atoms with Crippen molar-refractivity contribution in [3.63, 3.8) is 0 Å². The summed E-state index contributed by atoms with van der Waals surface area (Å²) >= 11 is 0. The zero-order valence-corrected chi connectivity index (χ0v) is 9.57. The maximum absolute atomic E-state index is 11.0. The number of aliphatic imine (C=N–C) groups is 1. The molecule has 6 heteroatoms. The van der Waals surface area contributed by atoms with Crippen molar-refractivity contribution in [1.82, 2.24) is 4.72 Å². The third-order valence-corrected chi connectivity index (χ3v) is 2.64. The predicted molar refractivity (Wildman–Crippen MR) is 60.5 cm³/mol. The van der Waals surface area contributed by atoms with Gasteiger partial charge in [0.05, 0.1) is 12.8 Å². The molecule has 1 heterocycles. The Balaban J connectivity index is 2.02. The maximum Gasteiger partial charge on any atom is 0.299 e. The van der Waals surface area contributed by atoms with Crippen molar-refractivity contribution in [3.05, 3.63) is 35.9 Å². The summed E-state index contributed by atoms with van der Waals surface area (Å²) in [6.45, 7) is 0.432. The molecule has 1 aromatic carbocycles. The van der Waals surface area contributed by atoms with Gasteiger partial charge >= 0.3 is 0 Å². The molecular weight excluding hydrogens is 228 g/mol. The second-order valence-electron chi connectivity index (χ2n) is 3.54. The van der Waals surface area contributed by atoms with Gasteiger partial charge in [-0.15, -0.1) is 0 Å². The highest BCUT2D eigenvalue weighted by Crippen LogP contribution is 2.21. The lowest BCUT2D eigenvalue weighted by Gasteiger charge is -2.11. The van der Waals surface area contributed by atoms with Crippen molar-refractivity contribution in [1.29, 1.82) is 0 Å². The van der Waals surface area contributed by atoms with E-state index >= 15 is 0 Å². The van der Waals surface area contributed by atoms with Crippen LogP contribution in [-0.2, 0) is 14.8 Å². The van der Waals surface area contributed by atoms with Gasteiger partial charge in [0.1, 0.15) is 6.10 Å². The summed E-state index contributed by atoms with van der Waals surface area (Å²) in [6, 6.07) is 9.63. The molecule has 0 spiro atoms. The van der Waals surface area contributed by atoms with E-state index in [4.69, 9.17) is 4.74 Å². The van der Waals surface area contributed by atoms with Gasteiger partial charge in [0.25, 0.3) is 6.02 Å². The zero-order valence-electron chi connectivity index (χ0n) is 8.75. The van der Waals surface area contributed by atoms with Crippen molar-refractivity contribution in [2.75, 3.05) is 12.8 Å². The van der Waals surface area contributed by atoms with Crippen LogP contribution in [0.3, 0.4) is 0 Å². The summed E-state index contributed by atoms with van der Waals surface area (Å²) in [4.78, 5) is 3.98. The van der Waals surface area contributed by atoms with Gasteiger partial charge in [-0.05, 0) is 5.56 Å². The van der Waals surface area contributed by atoms with Gasteiger partial charge in [0.2, 0.25) is 10.0 Å². The maximum atomic E-state index is 11.0. The standard InChI is InChI=1S/C10H12N2O3S/c1-16(13,14)12-10-11-7-9(15-10)8-5-3-2-4-6-8/h2-6,9H,7H2,1H3,(H,11,12). The first-order valence-electron chi connectivity index (χ1n) is 4.78. The first-order chi connectivity index (χ1) is 7.54. The summed E-state index contributed by atoms with van der Waals surface area (Å²) in [7, 11) is -3.32. The van der Waals surface area contributed by atoms with Crippen LogP contribution >= 0.6 is 0 Å². The molecule has 1 atom stereocenters. The number of hydrogen-bond acceptors (Lipinski definition) is 4. The number of rotatable bonds is 2. The highest BCUT2D eigenvalue weighted by Gasteiger charge is 2.23. The second-order valence-corrected chi connectivity index (χ2v) is 5.29. The molecule has 5 nitrogen and oxygen atoms in total. The predicted octanol–water partition coefficient (Wildman–Crippen LogP) is 0.663. The van der Waals surface area contributed by atoms with Crippen LogP contribution in [0.2, 0.25) is 0 Å². The molecule has 1 aromatic rings. The molecule has 1 N–H and O–H groups in total. The largest absolute Gasteiger partial charge is 0.454 e. The number of nitrogens with one attached hydrogen (secondary N) is 1. The molecule has 0 aromatic heterocycles. The van der Waals surface area contributed by atoms with Crippen molar-refractivity contribution < 1.29 is 13.2 Å². The Morgan fingerprint density at radius 1 is 1.38 bits per heavy atom. The van der Waals surface area contributed by atoms with E-state index in [2.05, 4.69) is 9.71 Å². The summed E-state index contributed by atoms with van der Waals surface area (Å²) in [5.74, 6) is 0. The smallest absolute Gasteiger partial charge is 0.299 e. The van der Waals surface area contributed by atoms with E-state index in [1.807, 2.05) is 30.3 Å². The molecule has 0 fully saturated rings. The van der Waals surface area contributed by atoms with Crippen molar-refractivity contribution >= 4 is 16.0 Å². The molecule has 0 bridgehead atoms. The molecule has 16 heavy (non-hydrogen) atoms. The molecule has 1 aliphatic heterocycles. The van der Waals surface area contributed by atoms with Crippen LogP contribution in [0.25, 0.3) is 0 Å². The lowest BCUT2D eigenvalue weighted by molar-refractivity contribution is 0.223. The summed E-state index contributed by atoms with van der Waals surface area (Å²) in [6.07, 6.45) is 0.861. The summed E-state index contributed by atoms with van der Waals surface area (Å²) in [5.41, 5.74) is 0.983. The van der Waals surface area contributed by atoms with Gasteiger partial charge in [-0.3, -0.25) is 0 Å². The average molecular weight is 240 g/mol. The number of benzene rings is 1. The minimum atomic E-state index is -3.32. The molecule has 0 saturated heterocycles. The van der Waals surface area contributed by atoms with E-state index in [9.17, 15) is 8.42 Å². The first-order valence-corrected chi connectivity index (χ1v) is 6.67. The van der Waals surface area contributed by atoms with Crippen LogP contribution in [0, 0.1) is 0 Å². The summed E-state index contributed by atoms with van der Waals surface area (Å²) in [5, 5.41) is 0. The van der Waals surface area contributed by atoms with Crippen molar-refractivity contribution in [2.24, 2.45) is 4.99 Å². The molecule has 0 aliphatic carbocycles. The Morgan fingerprint density at radius 2 is 2.06 bits per heavy atom. The minimum Gasteiger partial charge on any atom is -0.454 e. The van der Waals surface area contributed by atoms with Crippen LogP contribution in [0.4, 0.5) is 0 Å². The van der Waals surface area contributed by atoms with Gasteiger partial charge < -0.3 is 4.74 Å². The molecule has 86 valence electrons. The molecule has 1 aliphatic rings. The highest BCUT2D eigenvalue weighted by atomic mass is 32.2. The Bertz CT molecular complexity index is 496. The SMILES string of the molecule is CS(=O)(=O)NC1=NCC(c2ccccc2)O1. The zero-order chi connectivity index (χ0) is 11.6. The lowest BCUT2D eigenvalue weighted by Crippen LogP contribution is -2.29. The van der Waals surface area contributed by atoms with E-state index in [1.54, 1.807) is 0 Å². The molecule has 2 rings (SSSR count). The van der Waals surface area contributed by atoms with Crippen LogP contribution < -0.4 is 4.72 Å². The third-order valence-electron chi connectivity index (χ3n) is 2.10. The van der Waals surface area contributed by atoms with Gasteiger partial charge in [0.15, 0.2) is 0 Å². The van der Waals surface area contributed by atoms with E-state index in [-0.39, 0.29) is 12.1 Å². The number of ether oxygens (including phenoxy) is 1. The fourth-order valence-electron chi connectivity index (χ4n) is 1.43. The van der Waals surface area contributed by atoms with Crippen LogP contribution in [0.15, 0.2) is 35.3 Å². The molecule has 0 amide bonds. The average Bonchev–Trinajstić information content (AvgIpc) is 2.65. The Labute approximate surface area is 94.2 Å². The molecule has 0 radical (unpaired) electrons. The third kappa shape index (κ3) is 2.73. The van der Waals surface area contributed by atoms with E-state index in [1.165, 1.54) is 0 Å². The van der Waals surface area contributed by atoms with E-state index in [0.29, 0.717) is 6.54 Å². The second kappa shape index (κ2) is 4.13. The van der Waals surface area contributed by atoms with Crippen LogP contribution in [-0.4, -0.2) is 27.2 Å². The molecule has 1 unspecified atom stereocenters. The van der Waals surface area contributed by atoms with E-state index < -0.39 is 10.0 Å². The van der Waals surface area contributed by atoms with Crippen LogP contribution in [0.5, 0.6) is 0 Å². The first kappa shape index (κ1) is 10.9. The van der Waals surface area contributed by atoms with Gasteiger partial charge in [0, 0.05) is 0 Å².